The van der Waals surface area contributed by atoms with Gasteiger partial charge >= 0.3 is 5.76 Å². The van der Waals surface area contributed by atoms with Gasteiger partial charge in [-0.05, 0) is 24.7 Å². The highest BCUT2D eigenvalue weighted by Crippen LogP contribution is 2.24. The highest BCUT2D eigenvalue weighted by Gasteiger charge is 2.22. The molecule has 1 unspecified atom stereocenters. The van der Waals surface area contributed by atoms with Crippen molar-refractivity contribution < 1.29 is 9.52 Å². The molecule has 1 aromatic carbocycles. The summed E-state index contributed by atoms with van der Waals surface area (Å²) in [6.45, 7) is 5.65. The van der Waals surface area contributed by atoms with Gasteiger partial charge in [0.15, 0.2) is 5.58 Å². The Kier molecular flexibility index (Phi) is 5.12. The number of rotatable bonds is 6. The summed E-state index contributed by atoms with van der Waals surface area (Å²) in [6, 6.07) is 5.97. The molecule has 1 saturated heterocycles. The van der Waals surface area contributed by atoms with Crippen LogP contribution in [0.2, 0.25) is 0 Å². The van der Waals surface area contributed by atoms with E-state index in [4.69, 9.17) is 4.42 Å². The number of aromatic amines is 1. The average Bonchev–Trinajstić information content (AvgIpc) is 2.93. The lowest BCUT2D eigenvalue weighted by atomic mass is 10.0. The van der Waals surface area contributed by atoms with Gasteiger partial charge in [0.2, 0.25) is 0 Å². The Morgan fingerprint density at radius 3 is 2.91 bits per heavy atom. The van der Waals surface area contributed by atoms with Gasteiger partial charge in [-0.3, -0.25) is 14.8 Å². The van der Waals surface area contributed by atoms with E-state index in [1.165, 1.54) is 0 Å². The van der Waals surface area contributed by atoms with E-state index in [0.717, 1.165) is 38.3 Å². The number of benzene rings is 1. The summed E-state index contributed by atoms with van der Waals surface area (Å²) < 4.78 is 5.19. The zero-order valence-electron chi connectivity index (χ0n) is 13.4. The molecule has 1 aromatic heterocycles. The van der Waals surface area contributed by atoms with Gasteiger partial charge in [0.05, 0.1) is 12.1 Å². The molecular formula is C16H24N4O3. The number of likely N-dealkylation sites (N-methyl/N-ethyl adjacent to an activating group) is 1. The summed E-state index contributed by atoms with van der Waals surface area (Å²) in [5, 5.41) is 12.6. The fraction of sp³-hybridized carbons (Fsp3) is 0.562. The van der Waals surface area contributed by atoms with Crippen LogP contribution in [0.1, 0.15) is 11.6 Å². The zero-order chi connectivity index (χ0) is 16.2. The maximum atomic E-state index is 11.3. The number of aliphatic hydroxyl groups is 1. The van der Waals surface area contributed by atoms with Crippen molar-refractivity contribution in [2.75, 3.05) is 52.9 Å². The topological polar surface area (TPSA) is 84.7 Å². The fourth-order valence-electron chi connectivity index (χ4n) is 3.12. The SMILES string of the molecule is CN(CCO)C(CN1CCNCC1)c1ccc2[nH]c(=O)oc2c1. The number of nitrogens with one attached hydrogen (secondary N) is 2. The van der Waals surface area contributed by atoms with E-state index in [9.17, 15) is 9.90 Å². The van der Waals surface area contributed by atoms with Crippen LogP contribution in [0, 0.1) is 0 Å². The van der Waals surface area contributed by atoms with E-state index in [-0.39, 0.29) is 12.6 Å². The van der Waals surface area contributed by atoms with E-state index >= 15 is 0 Å². The molecule has 23 heavy (non-hydrogen) atoms. The Morgan fingerprint density at radius 1 is 1.39 bits per heavy atom. The number of H-pyrrole nitrogens is 1. The highest BCUT2D eigenvalue weighted by atomic mass is 16.4. The average molecular weight is 320 g/mol. The smallest absolute Gasteiger partial charge is 0.408 e. The lowest BCUT2D eigenvalue weighted by molar-refractivity contribution is 0.130. The van der Waals surface area contributed by atoms with Gasteiger partial charge in [0, 0.05) is 45.3 Å². The minimum atomic E-state index is -0.431. The number of oxazole rings is 1. The van der Waals surface area contributed by atoms with Crippen LogP contribution >= 0.6 is 0 Å². The second-order valence-electron chi connectivity index (χ2n) is 6.04. The van der Waals surface area contributed by atoms with Gasteiger partial charge in [-0.2, -0.15) is 0 Å². The van der Waals surface area contributed by atoms with Crippen molar-refractivity contribution in [2.24, 2.45) is 0 Å². The Balaban J connectivity index is 1.86. The third-order valence-electron chi connectivity index (χ3n) is 4.46. The lowest BCUT2D eigenvalue weighted by Crippen LogP contribution is -2.47. The van der Waals surface area contributed by atoms with Gasteiger partial charge in [-0.1, -0.05) is 6.07 Å². The summed E-state index contributed by atoms with van der Waals surface area (Å²) in [7, 11) is 2.01. The van der Waals surface area contributed by atoms with E-state index in [1.54, 1.807) is 0 Å². The number of hydrogen-bond donors (Lipinski definition) is 3. The number of fused-ring (bicyclic) bond motifs is 1. The molecule has 0 amide bonds. The van der Waals surface area contributed by atoms with Gasteiger partial charge < -0.3 is 14.8 Å². The van der Waals surface area contributed by atoms with Gasteiger partial charge in [0.25, 0.3) is 0 Å². The summed E-state index contributed by atoms with van der Waals surface area (Å²) in [4.78, 5) is 18.6. The van der Waals surface area contributed by atoms with Crippen LogP contribution in [0.4, 0.5) is 0 Å². The molecule has 0 spiro atoms. The molecule has 0 radical (unpaired) electrons. The molecule has 7 nitrogen and oxygen atoms in total. The number of aliphatic hydroxyl groups excluding tert-OH is 1. The Bertz CT molecular complexity index is 690. The molecule has 1 aliphatic heterocycles. The van der Waals surface area contributed by atoms with Gasteiger partial charge in [0.1, 0.15) is 0 Å². The molecule has 2 aromatic rings. The van der Waals surface area contributed by atoms with E-state index in [2.05, 4.69) is 20.1 Å². The number of aromatic nitrogens is 1. The molecule has 3 N–H and O–H groups in total. The zero-order valence-corrected chi connectivity index (χ0v) is 13.4. The molecule has 7 heteroatoms. The third kappa shape index (κ3) is 3.81. The van der Waals surface area contributed by atoms with Gasteiger partial charge in [-0.15, -0.1) is 0 Å². The Labute approximate surface area is 134 Å². The lowest BCUT2D eigenvalue weighted by Gasteiger charge is -2.35. The quantitative estimate of drug-likeness (QED) is 0.694. The predicted molar refractivity (Wildman–Crippen MR) is 88.6 cm³/mol. The van der Waals surface area contributed by atoms with Crippen molar-refractivity contribution in [1.82, 2.24) is 20.1 Å². The third-order valence-corrected chi connectivity index (χ3v) is 4.46. The maximum Gasteiger partial charge on any atom is 0.417 e. The molecule has 3 rings (SSSR count). The first-order valence-corrected chi connectivity index (χ1v) is 8.04. The Hall–Kier alpha value is -1.67. The van der Waals surface area contributed by atoms with Crippen LogP contribution in [0.25, 0.3) is 11.1 Å². The Morgan fingerprint density at radius 2 is 2.17 bits per heavy atom. The van der Waals surface area contributed by atoms with Crippen LogP contribution in [-0.4, -0.2) is 72.8 Å². The molecular weight excluding hydrogens is 296 g/mol. The summed E-state index contributed by atoms with van der Waals surface area (Å²) in [6.07, 6.45) is 0. The number of piperazine rings is 1. The largest absolute Gasteiger partial charge is 0.417 e. The standard InChI is InChI=1S/C16H24N4O3/c1-19(8-9-21)14(11-20-6-4-17-5-7-20)12-2-3-13-15(10-12)23-16(22)18-13/h2-3,10,14,17,21H,4-9,11H2,1H3,(H,18,22). The van der Waals surface area contributed by atoms with Crippen molar-refractivity contribution in [3.63, 3.8) is 0 Å². The number of nitrogens with zero attached hydrogens (tertiary/aromatic N) is 2. The molecule has 126 valence electrons. The molecule has 1 aliphatic rings. The van der Waals surface area contributed by atoms with Crippen molar-refractivity contribution in [3.8, 4) is 0 Å². The van der Waals surface area contributed by atoms with Crippen LogP contribution in [-0.2, 0) is 0 Å². The van der Waals surface area contributed by atoms with Crippen molar-refractivity contribution in [1.29, 1.82) is 0 Å². The van der Waals surface area contributed by atoms with Crippen LogP contribution in [0.3, 0.4) is 0 Å². The molecule has 1 fully saturated rings. The first-order valence-electron chi connectivity index (χ1n) is 8.04. The minimum absolute atomic E-state index is 0.121. The summed E-state index contributed by atoms with van der Waals surface area (Å²) in [5.74, 6) is -0.431. The highest BCUT2D eigenvalue weighted by molar-refractivity contribution is 5.72. The maximum absolute atomic E-state index is 11.3. The van der Waals surface area contributed by atoms with Crippen molar-refractivity contribution >= 4 is 11.1 Å². The van der Waals surface area contributed by atoms with E-state index < -0.39 is 5.76 Å². The second-order valence-corrected chi connectivity index (χ2v) is 6.04. The molecule has 0 bridgehead atoms. The summed E-state index contributed by atoms with van der Waals surface area (Å²) >= 11 is 0. The normalized spacial score (nSPS) is 17.9. The van der Waals surface area contributed by atoms with Crippen molar-refractivity contribution in [3.05, 3.63) is 34.3 Å². The second kappa shape index (κ2) is 7.27. The number of hydrogen-bond acceptors (Lipinski definition) is 6. The summed E-state index contributed by atoms with van der Waals surface area (Å²) in [5.41, 5.74) is 2.38. The minimum Gasteiger partial charge on any atom is -0.408 e. The van der Waals surface area contributed by atoms with E-state index in [1.807, 2.05) is 25.2 Å². The van der Waals surface area contributed by atoms with Crippen LogP contribution < -0.4 is 11.1 Å². The molecule has 0 aliphatic carbocycles. The van der Waals surface area contributed by atoms with Crippen LogP contribution in [0.5, 0.6) is 0 Å². The van der Waals surface area contributed by atoms with E-state index in [0.29, 0.717) is 17.6 Å². The molecule has 0 saturated carbocycles. The first kappa shape index (κ1) is 16.2. The first-order chi connectivity index (χ1) is 11.2. The van der Waals surface area contributed by atoms with Crippen LogP contribution in [0.15, 0.2) is 27.4 Å². The monoisotopic (exact) mass is 320 g/mol. The van der Waals surface area contributed by atoms with Gasteiger partial charge in [-0.25, -0.2) is 4.79 Å². The van der Waals surface area contributed by atoms with Crippen molar-refractivity contribution in [2.45, 2.75) is 6.04 Å². The molecule has 2 heterocycles. The fourth-order valence-corrected chi connectivity index (χ4v) is 3.12. The molecule has 1 atom stereocenters. The predicted octanol–water partition coefficient (Wildman–Crippen LogP) is -0.00850.